The van der Waals surface area contributed by atoms with Crippen LogP contribution in [-0.2, 0) is 13.1 Å². The van der Waals surface area contributed by atoms with Crippen LogP contribution in [0.15, 0.2) is 42.5 Å². The van der Waals surface area contributed by atoms with E-state index in [2.05, 4.69) is 21.9 Å². The molecule has 1 unspecified atom stereocenters. The van der Waals surface area contributed by atoms with E-state index >= 15 is 0 Å². The van der Waals surface area contributed by atoms with Gasteiger partial charge in [-0.15, -0.1) is 0 Å². The average Bonchev–Trinajstić information content (AvgIpc) is 2.73. The quantitative estimate of drug-likeness (QED) is 0.675. The summed E-state index contributed by atoms with van der Waals surface area (Å²) in [4.78, 5) is 4.77. The zero-order valence-corrected chi connectivity index (χ0v) is 17.4. The van der Waals surface area contributed by atoms with Gasteiger partial charge in [0, 0.05) is 50.9 Å². The fourth-order valence-corrected chi connectivity index (χ4v) is 3.95. The largest absolute Gasteiger partial charge is 0.504 e. The smallest absolute Gasteiger partial charge is 0.162 e. The van der Waals surface area contributed by atoms with E-state index in [9.17, 15) is 10.2 Å². The molecular weight excluding hydrogens is 368 g/mol. The maximum absolute atomic E-state index is 10.5. The highest BCUT2D eigenvalue weighted by Gasteiger charge is 2.27. The summed E-state index contributed by atoms with van der Waals surface area (Å²) in [6, 6.07) is 14.1. The number of rotatable bonds is 9. The van der Waals surface area contributed by atoms with Gasteiger partial charge in [-0.25, -0.2) is 0 Å². The number of methoxy groups -OCH3 is 1. The Morgan fingerprint density at radius 2 is 1.93 bits per heavy atom. The molecule has 2 aromatic rings. The van der Waals surface area contributed by atoms with E-state index in [1.54, 1.807) is 13.2 Å². The number of aliphatic hydroxyl groups is 1. The van der Waals surface area contributed by atoms with Gasteiger partial charge in [-0.3, -0.25) is 9.80 Å². The maximum Gasteiger partial charge on any atom is 0.162 e. The standard InChI is InChI=1S/C23H32N2O4/c1-3-29-22-9-5-7-19(23(22)27)16-24-11-12-25(20(17-24)10-13-26)15-18-6-4-8-21(14-18)28-2/h4-9,14,20,26-27H,3,10-13,15-17H2,1-2H3. The van der Waals surface area contributed by atoms with E-state index in [-0.39, 0.29) is 18.4 Å². The van der Waals surface area contributed by atoms with Crippen molar-refractivity contribution in [2.24, 2.45) is 0 Å². The molecule has 0 aliphatic carbocycles. The predicted octanol–water partition coefficient (Wildman–Crippen LogP) is 2.87. The summed E-state index contributed by atoms with van der Waals surface area (Å²) in [5.41, 5.74) is 2.09. The van der Waals surface area contributed by atoms with Gasteiger partial charge in [-0.05, 0) is 37.1 Å². The summed E-state index contributed by atoms with van der Waals surface area (Å²) in [5, 5.41) is 20.1. The van der Waals surface area contributed by atoms with Crippen LogP contribution >= 0.6 is 0 Å². The molecule has 6 heteroatoms. The van der Waals surface area contributed by atoms with Crippen molar-refractivity contribution in [2.75, 3.05) is 40.0 Å². The first-order valence-electron chi connectivity index (χ1n) is 10.3. The third-order valence-corrected chi connectivity index (χ3v) is 5.45. The number of benzene rings is 2. The second-order valence-corrected chi connectivity index (χ2v) is 7.42. The summed E-state index contributed by atoms with van der Waals surface area (Å²) >= 11 is 0. The van der Waals surface area contributed by atoms with Crippen molar-refractivity contribution < 1.29 is 19.7 Å². The summed E-state index contributed by atoms with van der Waals surface area (Å²) in [7, 11) is 1.68. The molecule has 29 heavy (non-hydrogen) atoms. The van der Waals surface area contributed by atoms with Gasteiger partial charge in [0.1, 0.15) is 5.75 Å². The van der Waals surface area contributed by atoms with Crippen molar-refractivity contribution in [1.82, 2.24) is 9.80 Å². The Bertz CT molecular complexity index is 783. The van der Waals surface area contributed by atoms with Gasteiger partial charge in [0.15, 0.2) is 11.5 Å². The van der Waals surface area contributed by atoms with Crippen LogP contribution < -0.4 is 9.47 Å². The molecule has 1 atom stereocenters. The molecule has 1 heterocycles. The molecule has 0 bridgehead atoms. The van der Waals surface area contributed by atoms with Crippen LogP contribution in [0.3, 0.4) is 0 Å². The molecule has 2 N–H and O–H groups in total. The Morgan fingerprint density at radius 1 is 1.10 bits per heavy atom. The molecule has 158 valence electrons. The molecule has 0 aromatic heterocycles. The van der Waals surface area contributed by atoms with Crippen molar-refractivity contribution in [3.05, 3.63) is 53.6 Å². The molecule has 1 aliphatic heterocycles. The number of aliphatic hydroxyl groups excluding tert-OH is 1. The maximum atomic E-state index is 10.5. The highest BCUT2D eigenvalue weighted by molar-refractivity contribution is 5.45. The molecule has 1 aliphatic rings. The van der Waals surface area contributed by atoms with E-state index in [1.165, 1.54) is 5.56 Å². The van der Waals surface area contributed by atoms with Gasteiger partial charge < -0.3 is 19.7 Å². The van der Waals surface area contributed by atoms with Gasteiger partial charge in [0.25, 0.3) is 0 Å². The molecule has 1 fully saturated rings. The Labute approximate surface area is 173 Å². The topological polar surface area (TPSA) is 65.4 Å². The third-order valence-electron chi connectivity index (χ3n) is 5.45. The van der Waals surface area contributed by atoms with E-state index in [0.717, 1.165) is 43.9 Å². The summed E-state index contributed by atoms with van der Waals surface area (Å²) in [5.74, 6) is 1.63. The van der Waals surface area contributed by atoms with Crippen LogP contribution in [0.2, 0.25) is 0 Å². The fraction of sp³-hybridized carbons (Fsp3) is 0.478. The second-order valence-electron chi connectivity index (χ2n) is 7.42. The first-order chi connectivity index (χ1) is 14.1. The van der Waals surface area contributed by atoms with E-state index < -0.39 is 0 Å². The minimum atomic E-state index is 0.165. The monoisotopic (exact) mass is 400 g/mol. The average molecular weight is 401 g/mol. The fourth-order valence-electron chi connectivity index (χ4n) is 3.95. The van der Waals surface area contributed by atoms with E-state index in [0.29, 0.717) is 18.9 Å². The molecular formula is C23H32N2O4. The van der Waals surface area contributed by atoms with Gasteiger partial charge in [0.05, 0.1) is 13.7 Å². The summed E-state index contributed by atoms with van der Waals surface area (Å²) in [6.07, 6.45) is 0.728. The van der Waals surface area contributed by atoms with Crippen molar-refractivity contribution in [3.63, 3.8) is 0 Å². The summed E-state index contributed by atoms with van der Waals surface area (Å²) < 4.78 is 10.8. The van der Waals surface area contributed by atoms with E-state index in [1.807, 2.05) is 31.2 Å². The number of hydrogen-bond acceptors (Lipinski definition) is 6. The Hall–Kier alpha value is -2.28. The minimum absolute atomic E-state index is 0.165. The highest BCUT2D eigenvalue weighted by atomic mass is 16.5. The molecule has 0 saturated carbocycles. The Morgan fingerprint density at radius 3 is 2.69 bits per heavy atom. The van der Waals surface area contributed by atoms with Crippen LogP contribution in [0.4, 0.5) is 0 Å². The lowest BCUT2D eigenvalue weighted by molar-refractivity contribution is 0.0495. The lowest BCUT2D eigenvalue weighted by Crippen LogP contribution is -2.52. The Balaban J connectivity index is 1.66. The second kappa shape index (κ2) is 10.5. The van der Waals surface area contributed by atoms with Gasteiger partial charge >= 0.3 is 0 Å². The lowest BCUT2D eigenvalue weighted by Gasteiger charge is -2.41. The number of piperazine rings is 1. The number of para-hydroxylation sites is 1. The predicted molar refractivity (Wildman–Crippen MR) is 113 cm³/mol. The zero-order valence-electron chi connectivity index (χ0n) is 17.4. The van der Waals surface area contributed by atoms with Crippen molar-refractivity contribution in [3.8, 4) is 17.2 Å². The van der Waals surface area contributed by atoms with Gasteiger partial charge in [0.2, 0.25) is 0 Å². The first-order valence-corrected chi connectivity index (χ1v) is 10.3. The Kier molecular flexibility index (Phi) is 7.75. The van der Waals surface area contributed by atoms with Crippen LogP contribution in [0.1, 0.15) is 24.5 Å². The molecule has 6 nitrogen and oxygen atoms in total. The molecule has 3 rings (SSSR count). The third kappa shape index (κ3) is 5.63. The van der Waals surface area contributed by atoms with Crippen molar-refractivity contribution in [1.29, 1.82) is 0 Å². The van der Waals surface area contributed by atoms with Gasteiger partial charge in [-0.2, -0.15) is 0 Å². The van der Waals surface area contributed by atoms with Gasteiger partial charge in [-0.1, -0.05) is 24.3 Å². The number of aromatic hydroxyl groups is 1. The number of hydrogen-bond donors (Lipinski definition) is 2. The molecule has 1 saturated heterocycles. The number of ether oxygens (including phenoxy) is 2. The van der Waals surface area contributed by atoms with Crippen molar-refractivity contribution >= 4 is 0 Å². The van der Waals surface area contributed by atoms with Crippen LogP contribution in [0.25, 0.3) is 0 Å². The number of phenolic OH excluding ortho intramolecular Hbond substituents is 1. The van der Waals surface area contributed by atoms with Crippen LogP contribution in [0.5, 0.6) is 17.2 Å². The highest BCUT2D eigenvalue weighted by Crippen LogP contribution is 2.31. The van der Waals surface area contributed by atoms with Crippen molar-refractivity contribution in [2.45, 2.75) is 32.5 Å². The van der Waals surface area contributed by atoms with Crippen LogP contribution in [-0.4, -0.2) is 66.0 Å². The number of phenols is 1. The molecule has 2 aromatic carbocycles. The lowest BCUT2D eigenvalue weighted by atomic mass is 10.1. The van der Waals surface area contributed by atoms with Crippen LogP contribution in [0, 0.1) is 0 Å². The zero-order chi connectivity index (χ0) is 20.6. The number of nitrogens with zero attached hydrogens (tertiary/aromatic N) is 2. The first kappa shape index (κ1) is 21.4. The molecule has 0 spiro atoms. The summed E-state index contributed by atoms with van der Waals surface area (Å²) in [6.45, 7) is 6.77. The minimum Gasteiger partial charge on any atom is -0.504 e. The molecule has 0 radical (unpaired) electrons. The normalized spacial score (nSPS) is 18.0. The van der Waals surface area contributed by atoms with E-state index in [4.69, 9.17) is 9.47 Å². The molecule has 0 amide bonds. The SMILES string of the molecule is CCOc1cccc(CN2CCN(Cc3cccc(OC)c3)C(CCO)C2)c1O.